The molecule has 0 aliphatic carbocycles. The van der Waals surface area contributed by atoms with Gasteiger partial charge in [-0.3, -0.25) is 4.90 Å². The van der Waals surface area contributed by atoms with E-state index in [4.69, 9.17) is 19.1 Å². The van der Waals surface area contributed by atoms with Crippen LogP contribution in [0, 0.1) is 19.8 Å². The molecule has 11 heteroatoms. The summed E-state index contributed by atoms with van der Waals surface area (Å²) in [5.41, 5.74) is 0. The normalized spacial score (nSPS) is 24.6. The van der Waals surface area contributed by atoms with Crippen molar-refractivity contribution in [3.05, 3.63) is 33.7 Å². The first-order valence-corrected chi connectivity index (χ1v) is 10.4. The number of aryl methyl sites for hydroxylation is 2. The monoisotopic (exact) mass is 447 g/mol. The molecule has 30 heavy (non-hydrogen) atoms. The number of halogens is 3. The van der Waals surface area contributed by atoms with Gasteiger partial charge in [-0.1, -0.05) is 0 Å². The van der Waals surface area contributed by atoms with Crippen LogP contribution in [0.15, 0.2) is 16.5 Å². The highest BCUT2D eigenvalue weighted by Crippen LogP contribution is 2.39. The molecule has 2 saturated heterocycles. The van der Waals surface area contributed by atoms with Gasteiger partial charge in [-0.2, -0.15) is 13.2 Å². The van der Waals surface area contributed by atoms with Gasteiger partial charge in [-0.25, -0.2) is 4.79 Å². The Morgan fingerprint density at radius 3 is 2.60 bits per heavy atom. The summed E-state index contributed by atoms with van der Waals surface area (Å²) in [5, 5.41) is 15.4. The number of hydrogen-bond donors (Lipinski definition) is 1. The molecule has 4 rings (SSSR count). The summed E-state index contributed by atoms with van der Waals surface area (Å²) in [7, 11) is 0. The lowest BCUT2D eigenvalue weighted by Crippen LogP contribution is -2.48. The van der Waals surface area contributed by atoms with E-state index in [1.807, 2.05) is 18.3 Å². The number of fused-ring (bicyclic) bond motifs is 1. The number of ether oxygens (including phenoxy) is 1. The van der Waals surface area contributed by atoms with Gasteiger partial charge in [-0.15, -0.1) is 21.5 Å². The van der Waals surface area contributed by atoms with E-state index >= 15 is 0 Å². The molecule has 2 aromatic rings. The molecular formula is C19H24F3N3O4S. The van der Waals surface area contributed by atoms with E-state index in [0.29, 0.717) is 23.8 Å². The van der Waals surface area contributed by atoms with Crippen molar-refractivity contribution >= 4 is 17.3 Å². The molecule has 2 aliphatic heterocycles. The fourth-order valence-corrected chi connectivity index (χ4v) is 4.82. The van der Waals surface area contributed by atoms with Crippen molar-refractivity contribution in [2.75, 3.05) is 19.7 Å². The van der Waals surface area contributed by atoms with Crippen molar-refractivity contribution in [1.29, 1.82) is 0 Å². The minimum Gasteiger partial charge on any atom is -0.475 e. The van der Waals surface area contributed by atoms with Crippen LogP contribution in [0.3, 0.4) is 0 Å². The quantitative estimate of drug-likeness (QED) is 0.766. The number of piperidine rings is 1. The van der Waals surface area contributed by atoms with E-state index < -0.39 is 12.1 Å². The summed E-state index contributed by atoms with van der Waals surface area (Å²) in [5.74, 6) is -0.506. The number of carboxylic acid groups (broad SMARTS) is 1. The second-order valence-electron chi connectivity index (χ2n) is 7.47. The predicted octanol–water partition coefficient (Wildman–Crippen LogP) is 3.78. The number of carbonyl (C=O) groups is 1. The Kier molecular flexibility index (Phi) is 7.14. The van der Waals surface area contributed by atoms with Gasteiger partial charge < -0.3 is 14.3 Å². The molecule has 0 unspecified atom stereocenters. The van der Waals surface area contributed by atoms with Gasteiger partial charge in [0.15, 0.2) is 0 Å². The Balaban J connectivity index is 0.000000318. The van der Waals surface area contributed by atoms with Crippen LogP contribution in [0.5, 0.6) is 0 Å². The summed E-state index contributed by atoms with van der Waals surface area (Å²) in [6, 6.07) is 4.46. The maximum Gasteiger partial charge on any atom is 0.490 e. The zero-order valence-corrected chi connectivity index (χ0v) is 17.5. The SMILES string of the molecule is Cc1nnc([C@@H]2CCO[C@@H]3CCN(Cc4ccc(C)s4)C[C@@H]32)o1.O=C(O)C(F)(F)F. The number of hydrogen-bond acceptors (Lipinski definition) is 7. The van der Waals surface area contributed by atoms with Gasteiger partial charge in [0.1, 0.15) is 0 Å². The van der Waals surface area contributed by atoms with Crippen LogP contribution in [0.1, 0.15) is 40.3 Å². The standard InChI is InChI=1S/C17H23N3O2S.C2HF3O2/c1-11-3-4-13(23-11)9-20-7-5-16-15(10-20)14(6-8-21-16)17-19-18-12(2)22-17;3-2(4,5)1(6)7/h3-4,14-16H,5-10H2,1-2H3;(H,6,7)/t14-,15-,16-;/m1./s1. The van der Waals surface area contributed by atoms with Gasteiger partial charge in [0.2, 0.25) is 11.8 Å². The number of aromatic nitrogens is 2. The van der Waals surface area contributed by atoms with Crippen LogP contribution in [-0.2, 0) is 16.1 Å². The zero-order chi connectivity index (χ0) is 21.9. The molecular weight excluding hydrogens is 423 g/mol. The van der Waals surface area contributed by atoms with E-state index in [2.05, 4.69) is 34.2 Å². The van der Waals surface area contributed by atoms with E-state index in [1.54, 1.807) is 0 Å². The molecule has 0 spiro atoms. The Morgan fingerprint density at radius 2 is 2.03 bits per heavy atom. The molecule has 7 nitrogen and oxygen atoms in total. The molecule has 0 radical (unpaired) electrons. The van der Waals surface area contributed by atoms with E-state index in [-0.39, 0.29) is 0 Å². The second-order valence-corrected chi connectivity index (χ2v) is 8.84. The highest BCUT2D eigenvalue weighted by molar-refractivity contribution is 7.11. The summed E-state index contributed by atoms with van der Waals surface area (Å²) in [4.78, 5) is 14.3. The van der Waals surface area contributed by atoms with Gasteiger partial charge in [0.25, 0.3) is 0 Å². The molecule has 4 heterocycles. The molecule has 0 aromatic carbocycles. The Bertz CT molecular complexity index is 854. The third-order valence-electron chi connectivity index (χ3n) is 5.23. The first kappa shape index (κ1) is 22.7. The Hall–Kier alpha value is -1.98. The molecule has 0 bridgehead atoms. The minimum absolute atomic E-state index is 0.335. The Labute approximate surface area is 175 Å². The average molecular weight is 447 g/mol. The smallest absolute Gasteiger partial charge is 0.475 e. The lowest BCUT2D eigenvalue weighted by molar-refractivity contribution is -0.192. The fourth-order valence-electron chi connectivity index (χ4n) is 3.89. The molecule has 1 N–H and O–H groups in total. The number of carboxylic acids is 1. The third-order valence-corrected chi connectivity index (χ3v) is 6.22. The van der Waals surface area contributed by atoms with Crippen molar-refractivity contribution in [3.8, 4) is 0 Å². The van der Waals surface area contributed by atoms with E-state index in [1.165, 1.54) is 9.75 Å². The van der Waals surface area contributed by atoms with Crippen molar-refractivity contribution < 1.29 is 32.2 Å². The topological polar surface area (TPSA) is 88.7 Å². The highest BCUT2D eigenvalue weighted by Gasteiger charge is 2.41. The first-order valence-electron chi connectivity index (χ1n) is 9.63. The number of nitrogens with zero attached hydrogens (tertiary/aromatic N) is 3. The number of thiophene rings is 1. The van der Waals surface area contributed by atoms with Crippen LogP contribution < -0.4 is 0 Å². The predicted molar refractivity (Wildman–Crippen MR) is 102 cm³/mol. The molecule has 2 aromatic heterocycles. The second kappa shape index (κ2) is 9.44. The summed E-state index contributed by atoms with van der Waals surface area (Å²) in [6.45, 7) is 8.03. The zero-order valence-electron chi connectivity index (χ0n) is 16.7. The Morgan fingerprint density at radius 1 is 1.30 bits per heavy atom. The fraction of sp³-hybridized carbons (Fsp3) is 0.632. The van der Waals surface area contributed by atoms with Crippen molar-refractivity contribution in [2.45, 2.75) is 51.4 Å². The maximum atomic E-state index is 10.6. The third kappa shape index (κ3) is 5.79. The highest BCUT2D eigenvalue weighted by atomic mass is 32.1. The van der Waals surface area contributed by atoms with E-state index in [9.17, 15) is 13.2 Å². The lowest BCUT2D eigenvalue weighted by Gasteiger charge is -2.44. The van der Waals surface area contributed by atoms with Crippen LogP contribution in [-0.4, -0.2) is 58.1 Å². The van der Waals surface area contributed by atoms with Gasteiger partial charge in [0.05, 0.1) is 6.10 Å². The molecule has 2 fully saturated rings. The van der Waals surface area contributed by atoms with Crippen molar-refractivity contribution in [1.82, 2.24) is 15.1 Å². The number of alkyl halides is 3. The van der Waals surface area contributed by atoms with Crippen LogP contribution in [0.25, 0.3) is 0 Å². The molecule has 2 aliphatic rings. The molecule has 3 atom stereocenters. The number of likely N-dealkylation sites (tertiary alicyclic amines) is 1. The molecule has 166 valence electrons. The summed E-state index contributed by atoms with van der Waals surface area (Å²) < 4.78 is 43.5. The number of rotatable bonds is 3. The summed E-state index contributed by atoms with van der Waals surface area (Å²) in [6.07, 6.45) is -2.67. The minimum atomic E-state index is -5.08. The maximum absolute atomic E-state index is 10.6. The average Bonchev–Trinajstić information content (AvgIpc) is 3.29. The van der Waals surface area contributed by atoms with Crippen molar-refractivity contribution in [3.63, 3.8) is 0 Å². The molecule has 0 amide bonds. The largest absolute Gasteiger partial charge is 0.490 e. The van der Waals surface area contributed by atoms with Crippen molar-refractivity contribution in [2.24, 2.45) is 5.92 Å². The first-order chi connectivity index (χ1) is 14.1. The summed E-state index contributed by atoms with van der Waals surface area (Å²) >= 11 is 1.90. The van der Waals surface area contributed by atoms with Crippen LogP contribution in [0.4, 0.5) is 13.2 Å². The van der Waals surface area contributed by atoms with Crippen LogP contribution >= 0.6 is 11.3 Å². The van der Waals surface area contributed by atoms with Gasteiger partial charge >= 0.3 is 12.1 Å². The molecule has 0 saturated carbocycles. The van der Waals surface area contributed by atoms with Gasteiger partial charge in [-0.05, 0) is 31.9 Å². The van der Waals surface area contributed by atoms with E-state index in [0.717, 1.165) is 45.0 Å². The lowest BCUT2D eigenvalue weighted by atomic mass is 9.79. The number of aliphatic carboxylic acids is 1. The van der Waals surface area contributed by atoms with Crippen LogP contribution in [0.2, 0.25) is 0 Å². The van der Waals surface area contributed by atoms with Gasteiger partial charge in [0, 0.05) is 54.8 Å².